The van der Waals surface area contributed by atoms with Crippen LogP contribution in [0, 0.1) is 6.92 Å². The Morgan fingerprint density at radius 1 is 1.65 bits per heavy atom. The Kier molecular flexibility index (Phi) is 3.55. The van der Waals surface area contributed by atoms with Crippen molar-refractivity contribution >= 4 is 15.9 Å². The first-order chi connectivity index (χ1) is 8.13. The van der Waals surface area contributed by atoms with Crippen LogP contribution in [0.3, 0.4) is 0 Å². The monoisotopic (exact) mass is 299 g/mol. The van der Waals surface area contributed by atoms with Crippen LogP contribution in [0.25, 0.3) is 0 Å². The normalized spacial score (nSPS) is 12.9. The molecular weight excluding hydrogens is 286 g/mol. The second kappa shape index (κ2) is 4.94. The molecule has 1 unspecified atom stereocenters. The molecule has 17 heavy (non-hydrogen) atoms. The van der Waals surface area contributed by atoms with Gasteiger partial charge in [0.2, 0.25) is 0 Å². The molecule has 4 N–H and O–H groups in total. The molecule has 7 nitrogen and oxygen atoms in total. The molecule has 0 saturated carbocycles. The molecular formula is C9H14BrN7. The van der Waals surface area contributed by atoms with Crippen LogP contribution in [0.15, 0.2) is 10.7 Å². The lowest BCUT2D eigenvalue weighted by atomic mass is 10.1. The van der Waals surface area contributed by atoms with E-state index in [2.05, 4.69) is 41.9 Å². The molecule has 2 aromatic rings. The van der Waals surface area contributed by atoms with Crippen molar-refractivity contribution in [1.29, 1.82) is 0 Å². The zero-order valence-electron chi connectivity index (χ0n) is 9.61. The van der Waals surface area contributed by atoms with E-state index in [1.165, 1.54) is 0 Å². The van der Waals surface area contributed by atoms with Crippen LogP contribution in [0.1, 0.15) is 23.1 Å². The molecule has 0 aliphatic heterocycles. The van der Waals surface area contributed by atoms with E-state index in [1.54, 1.807) is 6.20 Å². The second-order valence-electron chi connectivity index (χ2n) is 3.79. The highest BCUT2D eigenvalue weighted by Crippen LogP contribution is 2.24. The number of nitrogens with two attached hydrogens (primary N) is 1. The van der Waals surface area contributed by atoms with Crippen LogP contribution in [-0.2, 0) is 13.5 Å². The molecule has 2 heterocycles. The van der Waals surface area contributed by atoms with Crippen LogP contribution < -0.4 is 11.3 Å². The van der Waals surface area contributed by atoms with Gasteiger partial charge in [-0.25, -0.2) is 0 Å². The van der Waals surface area contributed by atoms with Crippen LogP contribution in [0.5, 0.6) is 0 Å². The zero-order chi connectivity index (χ0) is 12.4. The Balaban J connectivity index is 2.24. The van der Waals surface area contributed by atoms with Gasteiger partial charge in [-0.2, -0.15) is 20.5 Å². The summed E-state index contributed by atoms with van der Waals surface area (Å²) in [6, 6.07) is -0.0974. The van der Waals surface area contributed by atoms with Crippen molar-refractivity contribution in [3.05, 3.63) is 27.8 Å². The van der Waals surface area contributed by atoms with E-state index in [1.807, 2.05) is 18.7 Å². The SMILES string of the molecule is Cc1nn(C)c(CC(NN)c2cn[nH]n2)c1Br. The fourth-order valence-electron chi connectivity index (χ4n) is 1.72. The van der Waals surface area contributed by atoms with Gasteiger partial charge in [0, 0.05) is 13.5 Å². The Labute approximate surface area is 107 Å². The number of nitrogens with zero attached hydrogens (tertiary/aromatic N) is 4. The Morgan fingerprint density at radius 3 is 2.88 bits per heavy atom. The lowest BCUT2D eigenvalue weighted by Crippen LogP contribution is -2.30. The maximum Gasteiger partial charge on any atom is 0.101 e. The molecule has 0 aliphatic carbocycles. The number of hydrazine groups is 1. The summed E-state index contributed by atoms with van der Waals surface area (Å²) in [7, 11) is 1.91. The standard InChI is InChI=1S/C9H14BrN7/c1-5-9(10)8(17(2)15-5)3-6(13-11)7-4-12-16-14-7/h4,6,13H,3,11H2,1-2H3,(H,12,14,16). The summed E-state index contributed by atoms with van der Waals surface area (Å²) in [5.41, 5.74) is 5.53. The highest BCUT2D eigenvalue weighted by Gasteiger charge is 2.18. The van der Waals surface area contributed by atoms with Gasteiger partial charge in [-0.3, -0.25) is 16.0 Å². The van der Waals surface area contributed by atoms with Crippen molar-refractivity contribution in [2.24, 2.45) is 12.9 Å². The molecule has 0 spiro atoms. The summed E-state index contributed by atoms with van der Waals surface area (Å²) in [6.45, 7) is 1.95. The second-order valence-corrected chi connectivity index (χ2v) is 4.58. The molecule has 2 rings (SSSR count). The van der Waals surface area contributed by atoms with Crippen molar-refractivity contribution in [2.75, 3.05) is 0 Å². The largest absolute Gasteiger partial charge is 0.271 e. The summed E-state index contributed by atoms with van der Waals surface area (Å²) in [5, 5.41) is 14.7. The van der Waals surface area contributed by atoms with Gasteiger partial charge in [-0.15, -0.1) is 0 Å². The number of hydrogen-bond donors (Lipinski definition) is 3. The number of hydrogen-bond acceptors (Lipinski definition) is 5. The summed E-state index contributed by atoms with van der Waals surface area (Å²) in [6.07, 6.45) is 2.34. The first kappa shape index (κ1) is 12.2. The molecule has 0 amide bonds. The minimum Gasteiger partial charge on any atom is -0.271 e. The summed E-state index contributed by atoms with van der Waals surface area (Å²) in [4.78, 5) is 0. The third-order valence-corrected chi connectivity index (χ3v) is 3.68. The van der Waals surface area contributed by atoms with E-state index in [9.17, 15) is 0 Å². The lowest BCUT2D eigenvalue weighted by Gasteiger charge is -2.13. The first-order valence-electron chi connectivity index (χ1n) is 5.13. The molecule has 0 radical (unpaired) electrons. The minimum atomic E-state index is -0.0974. The molecule has 0 saturated heterocycles. The summed E-state index contributed by atoms with van der Waals surface area (Å²) >= 11 is 3.53. The first-order valence-corrected chi connectivity index (χ1v) is 5.92. The fraction of sp³-hybridized carbons (Fsp3) is 0.444. The van der Waals surface area contributed by atoms with E-state index in [-0.39, 0.29) is 6.04 Å². The van der Waals surface area contributed by atoms with Crippen LogP contribution in [0.2, 0.25) is 0 Å². The van der Waals surface area contributed by atoms with Gasteiger partial charge >= 0.3 is 0 Å². The number of H-pyrrole nitrogens is 1. The molecule has 92 valence electrons. The third-order valence-electron chi connectivity index (χ3n) is 2.65. The molecule has 8 heteroatoms. The van der Waals surface area contributed by atoms with Gasteiger partial charge in [0.1, 0.15) is 5.69 Å². The van der Waals surface area contributed by atoms with Crippen molar-refractivity contribution in [3.8, 4) is 0 Å². The molecule has 2 aromatic heterocycles. The third kappa shape index (κ3) is 2.38. The van der Waals surface area contributed by atoms with Crippen molar-refractivity contribution in [1.82, 2.24) is 30.6 Å². The smallest absolute Gasteiger partial charge is 0.101 e. The number of rotatable bonds is 4. The van der Waals surface area contributed by atoms with Gasteiger partial charge in [0.15, 0.2) is 0 Å². The van der Waals surface area contributed by atoms with Gasteiger partial charge in [-0.1, -0.05) is 0 Å². The highest BCUT2D eigenvalue weighted by molar-refractivity contribution is 9.10. The van der Waals surface area contributed by atoms with Gasteiger partial charge in [0.25, 0.3) is 0 Å². The quantitative estimate of drug-likeness (QED) is 0.559. The Bertz CT molecular complexity index is 490. The highest BCUT2D eigenvalue weighted by atomic mass is 79.9. The summed E-state index contributed by atoms with van der Waals surface area (Å²) < 4.78 is 2.84. The van der Waals surface area contributed by atoms with E-state index in [4.69, 9.17) is 5.84 Å². The fourth-order valence-corrected chi connectivity index (χ4v) is 2.22. The van der Waals surface area contributed by atoms with Gasteiger partial charge < -0.3 is 0 Å². The maximum absolute atomic E-state index is 5.54. The molecule has 0 aliphatic rings. The molecule has 0 aromatic carbocycles. The number of aryl methyl sites for hydroxylation is 2. The van der Waals surface area contributed by atoms with Crippen LogP contribution in [0.4, 0.5) is 0 Å². The predicted molar refractivity (Wildman–Crippen MR) is 65.8 cm³/mol. The topological polar surface area (TPSA) is 97.4 Å². The van der Waals surface area contributed by atoms with E-state index >= 15 is 0 Å². The lowest BCUT2D eigenvalue weighted by molar-refractivity contribution is 0.516. The number of aromatic nitrogens is 5. The molecule has 1 atom stereocenters. The van der Waals surface area contributed by atoms with Crippen molar-refractivity contribution < 1.29 is 0 Å². The minimum absolute atomic E-state index is 0.0974. The number of nitrogens with one attached hydrogen (secondary N) is 2. The molecule has 0 fully saturated rings. The number of aromatic amines is 1. The Hall–Kier alpha value is -1.25. The van der Waals surface area contributed by atoms with E-state index in [0.29, 0.717) is 6.42 Å². The van der Waals surface area contributed by atoms with Gasteiger partial charge in [0.05, 0.1) is 28.1 Å². The molecule has 0 bridgehead atoms. The average molecular weight is 300 g/mol. The zero-order valence-corrected chi connectivity index (χ0v) is 11.2. The van der Waals surface area contributed by atoms with Gasteiger partial charge in [-0.05, 0) is 22.9 Å². The average Bonchev–Trinajstić information content (AvgIpc) is 2.89. The van der Waals surface area contributed by atoms with Crippen molar-refractivity contribution in [3.63, 3.8) is 0 Å². The maximum atomic E-state index is 5.54. The van der Waals surface area contributed by atoms with Crippen LogP contribution >= 0.6 is 15.9 Å². The number of halogens is 1. The van der Waals surface area contributed by atoms with Crippen molar-refractivity contribution in [2.45, 2.75) is 19.4 Å². The van der Waals surface area contributed by atoms with E-state index < -0.39 is 0 Å². The summed E-state index contributed by atoms with van der Waals surface area (Å²) in [5.74, 6) is 5.54. The Morgan fingerprint density at radius 2 is 2.41 bits per heavy atom. The van der Waals surface area contributed by atoms with E-state index in [0.717, 1.165) is 21.6 Å². The van der Waals surface area contributed by atoms with Crippen LogP contribution in [-0.4, -0.2) is 25.2 Å². The predicted octanol–water partition coefficient (Wildman–Crippen LogP) is 0.356.